The van der Waals surface area contributed by atoms with Gasteiger partial charge in [0.1, 0.15) is 11.8 Å². The number of para-hydroxylation sites is 1. The first kappa shape index (κ1) is 23.8. The minimum atomic E-state index is -0.489. The number of likely N-dealkylation sites (N-methyl/N-ethyl adjacent to an activating group) is 1. The van der Waals surface area contributed by atoms with Crippen LogP contribution in [0.5, 0.6) is 17.2 Å². The van der Waals surface area contributed by atoms with Gasteiger partial charge in [0.05, 0.1) is 25.8 Å². The first-order valence-corrected chi connectivity index (χ1v) is 11.1. The lowest BCUT2D eigenvalue weighted by molar-refractivity contribution is -0.154. The number of amides is 2. The second kappa shape index (κ2) is 10.3. The number of nitrogens with two attached hydrogens (primary N) is 1. The third kappa shape index (κ3) is 4.93. The highest BCUT2D eigenvalue weighted by Crippen LogP contribution is 2.43. The van der Waals surface area contributed by atoms with Crippen LogP contribution in [-0.2, 0) is 16.2 Å². The summed E-state index contributed by atoms with van der Waals surface area (Å²) in [5.41, 5.74) is 8.26. The normalized spacial score (nSPS) is 17.2. The molecule has 3 N–H and O–H groups in total. The van der Waals surface area contributed by atoms with E-state index in [-0.39, 0.29) is 12.7 Å². The fourth-order valence-electron chi connectivity index (χ4n) is 4.12. The van der Waals surface area contributed by atoms with Crippen LogP contribution >= 0.6 is 0 Å². The number of carbonyl (C=O) groups excluding carboxylic acids is 2. The highest BCUT2D eigenvalue weighted by atomic mass is 16.7. The Morgan fingerprint density at radius 3 is 2.82 bits per heavy atom. The maximum Gasteiger partial charge on any atom is 0.255 e. The number of nitrogens with zero attached hydrogens (tertiary/aromatic N) is 2. The molecule has 2 heterocycles. The molecular weight excluding hydrogens is 440 g/mol. The van der Waals surface area contributed by atoms with Gasteiger partial charge in [-0.05, 0) is 38.2 Å². The number of fused-ring (bicyclic) bond motifs is 1. The van der Waals surface area contributed by atoms with Gasteiger partial charge in [-0.3, -0.25) is 14.4 Å². The molecule has 2 aromatic carbocycles. The summed E-state index contributed by atoms with van der Waals surface area (Å²) in [6.07, 6.45) is 0.547. The molecule has 0 aliphatic carbocycles. The Morgan fingerprint density at radius 1 is 1.26 bits per heavy atom. The Balaban J connectivity index is 1.67. The van der Waals surface area contributed by atoms with Gasteiger partial charge in [0, 0.05) is 24.2 Å². The van der Waals surface area contributed by atoms with E-state index in [4.69, 9.17) is 24.8 Å². The molecule has 0 radical (unpaired) electrons. The molecule has 0 spiro atoms. The van der Waals surface area contributed by atoms with Crippen molar-refractivity contribution in [1.82, 2.24) is 15.3 Å². The van der Waals surface area contributed by atoms with Gasteiger partial charge in [-0.2, -0.15) is 5.06 Å². The molecule has 0 bridgehead atoms. The summed E-state index contributed by atoms with van der Waals surface area (Å²) < 4.78 is 17.0. The number of primary amides is 1. The maximum absolute atomic E-state index is 13.0. The van der Waals surface area contributed by atoms with Gasteiger partial charge in [-0.1, -0.05) is 18.2 Å². The van der Waals surface area contributed by atoms with Gasteiger partial charge >= 0.3 is 0 Å². The fraction of sp³-hybridized carbons (Fsp3) is 0.417. The highest BCUT2D eigenvalue weighted by molar-refractivity contribution is 5.99. The second-order valence-electron chi connectivity index (χ2n) is 8.43. The van der Waals surface area contributed by atoms with Crippen LogP contribution in [0.3, 0.4) is 0 Å². The van der Waals surface area contributed by atoms with Gasteiger partial charge in [-0.15, -0.1) is 0 Å². The van der Waals surface area contributed by atoms with E-state index in [1.54, 1.807) is 18.2 Å². The van der Waals surface area contributed by atoms with Crippen LogP contribution in [0, 0.1) is 0 Å². The van der Waals surface area contributed by atoms with Crippen molar-refractivity contribution in [2.75, 3.05) is 47.7 Å². The van der Waals surface area contributed by atoms with Crippen molar-refractivity contribution in [3.05, 3.63) is 41.5 Å². The number of nitrogens with one attached hydrogen (secondary N) is 1. The van der Waals surface area contributed by atoms with E-state index in [1.807, 2.05) is 43.3 Å². The lowest BCUT2D eigenvalue weighted by Gasteiger charge is -2.22. The highest BCUT2D eigenvalue weighted by Gasteiger charge is 2.32. The molecule has 1 saturated heterocycles. The van der Waals surface area contributed by atoms with E-state index < -0.39 is 11.9 Å². The third-order valence-corrected chi connectivity index (χ3v) is 5.82. The van der Waals surface area contributed by atoms with E-state index in [0.29, 0.717) is 55.5 Å². The molecule has 10 heteroatoms. The monoisotopic (exact) mass is 470 g/mol. The fourth-order valence-corrected chi connectivity index (χ4v) is 4.12. The molecule has 2 aliphatic heterocycles. The van der Waals surface area contributed by atoms with Gasteiger partial charge < -0.3 is 30.2 Å². The molecule has 0 saturated carbocycles. The van der Waals surface area contributed by atoms with Crippen LogP contribution in [0.15, 0.2) is 30.3 Å². The molecular formula is C24H30N4O6. The molecule has 10 nitrogen and oxygen atoms in total. The average Bonchev–Trinajstić information content (AvgIpc) is 3.47. The van der Waals surface area contributed by atoms with Crippen molar-refractivity contribution >= 4 is 11.8 Å². The van der Waals surface area contributed by atoms with Crippen molar-refractivity contribution < 1.29 is 28.6 Å². The van der Waals surface area contributed by atoms with Crippen molar-refractivity contribution in [2.24, 2.45) is 5.73 Å². The van der Waals surface area contributed by atoms with E-state index in [2.05, 4.69) is 5.32 Å². The standard InChI is InChI=1S/C24H30N4O6/c1-27(2)9-8-26-24(30)18-11-16(12-20-22(18)33-14-32-20)17-6-4-5-15(21(17)31-3)13-28-19(23(25)29)7-10-34-28/h4-6,11-12,19H,7-10,13-14H2,1-3H3,(H2,25,29)(H,26,30). The third-order valence-electron chi connectivity index (χ3n) is 5.82. The van der Waals surface area contributed by atoms with E-state index in [0.717, 1.165) is 16.7 Å². The molecule has 2 amide bonds. The Labute approximate surface area is 198 Å². The summed E-state index contributed by atoms with van der Waals surface area (Å²) >= 11 is 0. The van der Waals surface area contributed by atoms with Crippen LogP contribution in [-0.4, -0.2) is 75.5 Å². The molecule has 2 aliphatic rings. The second-order valence-corrected chi connectivity index (χ2v) is 8.43. The predicted molar refractivity (Wildman–Crippen MR) is 125 cm³/mol. The maximum atomic E-state index is 13.0. The molecule has 0 aromatic heterocycles. The predicted octanol–water partition coefficient (Wildman–Crippen LogP) is 1.37. The Morgan fingerprint density at radius 2 is 2.09 bits per heavy atom. The lowest BCUT2D eigenvalue weighted by Crippen LogP contribution is -2.39. The number of ether oxygens (including phenoxy) is 3. The van der Waals surface area contributed by atoms with Crippen molar-refractivity contribution in [3.8, 4) is 28.4 Å². The smallest absolute Gasteiger partial charge is 0.255 e. The zero-order chi connectivity index (χ0) is 24.2. The number of carbonyl (C=O) groups is 2. The zero-order valence-electron chi connectivity index (χ0n) is 19.6. The first-order valence-electron chi connectivity index (χ1n) is 11.1. The van der Waals surface area contributed by atoms with E-state index >= 15 is 0 Å². The topological polar surface area (TPSA) is 116 Å². The van der Waals surface area contributed by atoms with Crippen LogP contribution < -0.4 is 25.3 Å². The van der Waals surface area contributed by atoms with Gasteiger partial charge in [0.25, 0.3) is 5.91 Å². The molecule has 34 heavy (non-hydrogen) atoms. The average molecular weight is 471 g/mol. The number of methoxy groups -OCH3 is 1. The Bertz CT molecular complexity index is 1070. The Hall–Kier alpha value is -3.34. The molecule has 182 valence electrons. The van der Waals surface area contributed by atoms with Crippen LogP contribution in [0.25, 0.3) is 11.1 Å². The minimum absolute atomic E-state index is 0.0503. The number of rotatable bonds is 9. The molecule has 1 unspecified atom stereocenters. The number of benzene rings is 2. The van der Waals surface area contributed by atoms with E-state index in [1.165, 1.54) is 0 Å². The van der Waals surface area contributed by atoms with Crippen molar-refractivity contribution in [2.45, 2.75) is 19.0 Å². The van der Waals surface area contributed by atoms with Gasteiger partial charge in [-0.25, -0.2) is 0 Å². The summed E-state index contributed by atoms with van der Waals surface area (Å²) in [4.78, 5) is 32.3. The first-order chi connectivity index (χ1) is 16.4. The lowest BCUT2D eigenvalue weighted by atomic mass is 9.98. The summed E-state index contributed by atoms with van der Waals surface area (Å²) in [6.45, 7) is 2.03. The molecule has 4 rings (SSSR count). The summed E-state index contributed by atoms with van der Waals surface area (Å²) in [5, 5.41) is 4.52. The number of hydroxylamine groups is 2. The quantitative estimate of drug-likeness (QED) is 0.565. The van der Waals surface area contributed by atoms with Crippen molar-refractivity contribution in [1.29, 1.82) is 0 Å². The van der Waals surface area contributed by atoms with Crippen molar-refractivity contribution in [3.63, 3.8) is 0 Å². The van der Waals surface area contributed by atoms with E-state index in [9.17, 15) is 9.59 Å². The number of hydrogen-bond donors (Lipinski definition) is 2. The molecule has 1 atom stereocenters. The van der Waals surface area contributed by atoms with Gasteiger partial charge in [0.2, 0.25) is 12.7 Å². The molecule has 2 aromatic rings. The van der Waals surface area contributed by atoms with Gasteiger partial charge in [0.15, 0.2) is 11.5 Å². The minimum Gasteiger partial charge on any atom is -0.496 e. The number of hydrogen-bond acceptors (Lipinski definition) is 8. The Kier molecular flexibility index (Phi) is 7.20. The summed E-state index contributed by atoms with van der Waals surface area (Å²) in [6, 6.07) is 8.83. The molecule has 1 fully saturated rings. The van der Waals surface area contributed by atoms with Crippen LogP contribution in [0.2, 0.25) is 0 Å². The SMILES string of the molecule is COc1c(CN2OCCC2C(N)=O)cccc1-c1cc2c(c(C(=O)NCCN(C)C)c1)OCO2. The largest absolute Gasteiger partial charge is 0.496 e. The summed E-state index contributed by atoms with van der Waals surface area (Å²) in [5.74, 6) is 0.873. The zero-order valence-corrected chi connectivity index (χ0v) is 19.6. The van der Waals surface area contributed by atoms with Crippen LogP contribution in [0.4, 0.5) is 0 Å². The summed E-state index contributed by atoms with van der Waals surface area (Å²) in [7, 11) is 5.47. The van der Waals surface area contributed by atoms with Crippen LogP contribution in [0.1, 0.15) is 22.3 Å².